The Morgan fingerprint density at radius 3 is 2.33 bits per heavy atom. The van der Waals surface area contributed by atoms with E-state index >= 15 is 0 Å². The number of ketones is 1. The highest BCUT2D eigenvalue weighted by Crippen LogP contribution is 2.29. The van der Waals surface area contributed by atoms with Gasteiger partial charge in [0.15, 0.2) is 5.78 Å². The maximum Gasteiger partial charge on any atom is 0.335 e. The normalized spacial score (nSPS) is 11.7. The van der Waals surface area contributed by atoms with E-state index in [0.29, 0.717) is 28.8 Å². The van der Waals surface area contributed by atoms with Crippen LogP contribution in [0.15, 0.2) is 60.7 Å². The lowest BCUT2D eigenvalue weighted by atomic mass is 9.98. The highest BCUT2D eigenvalue weighted by Gasteiger charge is 2.14. The van der Waals surface area contributed by atoms with E-state index < -0.39 is 12.1 Å². The summed E-state index contributed by atoms with van der Waals surface area (Å²) in [4.78, 5) is 22.6. The van der Waals surface area contributed by atoms with Crippen LogP contribution in [-0.2, 0) is 6.54 Å². The number of aromatic hydroxyl groups is 1. The van der Waals surface area contributed by atoms with E-state index in [1.54, 1.807) is 43.3 Å². The van der Waals surface area contributed by atoms with Crippen LogP contribution in [0.25, 0.3) is 0 Å². The van der Waals surface area contributed by atoms with Crippen LogP contribution in [0.5, 0.6) is 5.75 Å². The molecule has 0 amide bonds. The van der Waals surface area contributed by atoms with Crippen molar-refractivity contribution in [2.45, 2.75) is 26.5 Å². The van der Waals surface area contributed by atoms with Crippen LogP contribution in [0, 0.1) is 6.92 Å². The summed E-state index contributed by atoms with van der Waals surface area (Å²) in [5.41, 5.74) is 3.88. The molecule has 3 aromatic rings. The Morgan fingerprint density at radius 1 is 1.00 bits per heavy atom. The first-order valence-corrected chi connectivity index (χ1v) is 9.45. The van der Waals surface area contributed by atoms with Gasteiger partial charge < -0.3 is 20.6 Å². The Kier molecular flexibility index (Phi) is 6.18. The maximum absolute atomic E-state index is 11.5. The molecule has 3 aromatic carbocycles. The molecular weight excluding hydrogens is 382 g/mol. The van der Waals surface area contributed by atoms with Gasteiger partial charge in [-0.1, -0.05) is 36.4 Å². The van der Waals surface area contributed by atoms with Gasteiger partial charge in [0, 0.05) is 17.8 Å². The number of aliphatic hydroxyl groups excluding tert-OH is 1. The van der Waals surface area contributed by atoms with Crippen LogP contribution in [0.1, 0.15) is 56.0 Å². The number of aromatic carboxylic acids is 1. The molecule has 0 spiro atoms. The number of hydrogen-bond acceptors (Lipinski definition) is 5. The number of Topliss-reactive ketones (excluding diaryl/α,β-unsaturated/α-hetero) is 1. The fourth-order valence-electron chi connectivity index (χ4n) is 3.23. The highest BCUT2D eigenvalue weighted by atomic mass is 16.4. The molecule has 0 heterocycles. The average molecular weight is 405 g/mol. The molecule has 0 aliphatic heterocycles. The quantitative estimate of drug-likeness (QED) is 0.437. The lowest BCUT2D eigenvalue weighted by Gasteiger charge is -2.15. The van der Waals surface area contributed by atoms with E-state index in [2.05, 4.69) is 5.32 Å². The van der Waals surface area contributed by atoms with Crippen molar-refractivity contribution in [1.82, 2.24) is 0 Å². The Bertz CT molecular complexity index is 1090. The molecule has 1 unspecified atom stereocenters. The molecule has 1 atom stereocenters. The number of rotatable bonds is 7. The number of anilines is 1. The molecular formula is C24H23NO5. The molecule has 0 radical (unpaired) electrons. The lowest BCUT2D eigenvalue weighted by Crippen LogP contribution is -2.05. The number of carbonyl (C=O) groups excluding carboxylic acids is 1. The molecule has 0 saturated heterocycles. The van der Waals surface area contributed by atoms with Crippen molar-refractivity contribution in [3.63, 3.8) is 0 Å². The number of carboxylic acid groups (broad SMARTS) is 1. The summed E-state index contributed by atoms with van der Waals surface area (Å²) >= 11 is 0. The van der Waals surface area contributed by atoms with Crippen LogP contribution < -0.4 is 5.32 Å². The molecule has 0 saturated carbocycles. The fraction of sp³-hybridized carbons (Fsp3) is 0.167. The third-order valence-electron chi connectivity index (χ3n) is 5.04. The minimum atomic E-state index is -1.04. The Hall–Kier alpha value is -3.64. The topological polar surface area (TPSA) is 107 Å². The zero-order valence-corrected chi connectivity index (χ0v) is 16.7. The summed E-state index contributed by atoms with van der Waals surface area (Å²) in [6, 6.07) is 16.9. The van der Waals surface area contributed by atoms with E-state index in [1.807, 2.05) is 12.1 Å². The van der Waals surface area contributed by atoms with Crippen LogP contribution in [0.3, 0.4) is 0 Å². The molecule has 0 aliphatic rings. The van der Waals surface area contributed by atoms with Crippen molar-refractivity contribution >= 4 is 17.4 Å². The van der Waals surface area contributed by atoms with E-state index in [0.717, 1.165) is 11.3 Å². The van der Waals surface area contributed by atoms with Gasteiger partial charge in [0.25, 0.3) is 0 Å². The Labute approximate surface area is 174 Å². The van der Waals surface area contributed by atoms with Gasteiger partial charge in [-0.15, -0.1) is 0 Å². The molecule has 154 valence electrons. The Morgan fingerprint density at radius 2 is 1.70 bits per heavy atom. The summed E-state index contributed by atoms with van der Waals surface area (Å²) < 4.78 is 0. The summed E-state index contributed by atoms with van der Waals surface area (Å²) in [5, 5.41) is 33.1. The minimum absolute atomic E-state index is 0.0189. The van der Waals surface area contributed by atoms with Gasteiger partial charge in [0.2, 0.25) is 0 Å². The predicted octanol–water partition coefficient (Wildman–Crippen LogP) is 4.30. The third-order valence-corrected chi connectivity index (χ3v) is 5.04. The SMILES string of the molecule is CC(=O)c1ccc(NCc2ccc(C(O)c3cccc(C(=O)O)c3)cc2)c(C)c1O. The summed E-state index contributed by atoms with van der Waals surface area (Å²) in [6.45, 7) is 3.65. The summed E-state index contributed by atoms with van der Waals surface area (Å²) in [5.74, 6) is -1.25. The molecule has 30 heavy (non-hydrogen) atoms. The second-order valence-electron chi connectivity index (χ2n) is 7.12. The lowest BCUT2D eigenvalue weighted by molar-refractivity contribution is 0.0696. The first kappa shape index (κ1) is 21.1. The first-order valence-electron chi connectivity index (χ1n) is 9.45. The molecule has 0 aromatic heterocycles. The number of carbonyl (C=O) groups is 2. The van der Waals surface area contributed by atoms with E-state index in [-0.39, 0.29) is 17.1 Å². The number of hydrogen-bond donors (Lipinski definition) is 4. The molecule has 6 nitrogen and oxygen atoms in total. The predicted molar refractivity (Wildman–Crippen MR) is 114 cm³/mol. The van der Waals surface area contributed by atoms with Gasteiger partial charge in [-0.2, -0.15) is 0 Å². The molecule has 6 heteroatoms. The van der Waals surface area contributed by atoms with Crippen molar-refractivity contribution in [3.05, 3.63) is 94.0 Å². The number of benzene rings is 3. The number of aliphatic hydroxyl groups is 1. The van der Waals surface area contributed by atoms with Gasteiger partial charge in [-0.25, -0.2) is 4.79 Å². The molecule has 0 bridgehead atoms. The average Bonchev–Trinajstić information content (AvgIpc) is 2.74. The number of carboxylic acids is 1. The Balaban J connectivity index is 1.71. The van der Waals surface area contributed by atoms with Crippen molar-refractivity contribution < 1.29 is 24.9 Å². The third kappa shape index (κ3) is 4.50. The van der Waals surface area contributed by atoms with Gasteiger partial charge in [-0.3, -0.25) is 4.79 Å². The molecule has 3 rings (SSSR count). The van der Waals surface area contributed by atoms with Crippen LogP contribution >= 0.6 is 0 Å². The second-order valence-corrected chi connectivity index (χ2v) is 7.12. The van der Waals surface area contributed by atoms with Crippen LogP contribution in [-0.4, -0.2) is 27.1 Å². The first-order chi connectivity index (χ1) is 14.3. The zero-order valence-electron chi connectivity index (χ0n) is 16.7. The monoisotopic (exact) mass is 405 g/mol. The van der Waals surface area contributed by atoms with Crippen LogP contribution in [0.2, 0.25) is 0 Å². The standard InChI is InChI=1S/C24H23NO5/c1-14-21(11-10-20(15(2)26)22(14)27)25-13-16-6-8-17(9-7-16)23(28)18-4-3-5-19(12-18)24(29)30/h3-12,23,25,27-28H,13H2,1-2H3,(H,29,30). The molecule has 4 N–H and O–H groups in total. The molecule has 0 aliphatic carbocycles. The summed E-state index contributed by atoms with van der Waals surface area (Å²) in [6.07, 6.45) is -0.926. The van der Waals surface area contributed by atoms with Crippen molar-refractivity contribution in [3.8, 4) is 5.75 Å². The number of phenolic OH excluding ortho intramolecular Hbond substituents is 1. The highest BCUT2D eigenvalue weighted by molar-refractivity contribution is 5.97. The molecule has 0 fully saturated rings. The number of nitrogens with one attached hydrogen (secondary N) is 1. The zero-order chi connectivity index (χ0) is 21.8. The van der Waals surface area contributed by atoms with E-state index in [9.17, 15) is 19.8 Å². The second kappa shape index (κ2) is 8.80. The van der Waals surface area contributed by atoms with Gasteiger partial charge in [-0.05, 0) is 54.8 Å². The van der Waals surface area contributed by atoms with E-state index in [1.165, 1.54) is 19.1 Å². The van der Waals surface area contributed by atoms with Crippen molar-refractivity contribution in [2.75, 3.05) is 5.32 Å². The van der Waals surface area contributed by atoms with Gasteiger partial charge in [0.05, 0.1) is 11.1 Å². The van der Waals surface area contributed by atoms with E-state index in [4.69, 9.17) is 5.11 Å². The summed E-state index contributed by atoms with van der Waals surface area (Å²) in [7, 11) is 0. The van der Waals surface area contributed by atoms with Crippen molar-refractivity contribution in [2.24, 2.45) is 0 Å². The minimum Gasteiger partial charge on any atom is -0.507 e. The number of phenols is 1. The van der Waals surface area contributed by atoms with Gasteiger partial charge >= 0.3 is 5.97 Å². The smallest absolute Gasteiger partial charge is 0.335 e. The van der Waals surface area contributed by atoms with Crippen LogP contribution in [0.4, 0.5) is 5.69 Å². The van der Waals surface area contributed by atoms with Crippen molar-refractivity contribution in [1.29, 1.82) is 0 Å². The van der Waals surface area contributed by atoms with Gasteiger partial charge in [0.1, 0.15) is 11.9 Å². The maximum atomic E-state index is 11.5. The largest absolute Gasteiger partial charge is 0.507 e. The fourth-order valence-corrected chi connectivity index (χ4v) is 3.23.